The van der Waals surface area contributed by atoms with Gasteiger partial charge in [0.05, 0.1) is 11.6 Å². The Kier molecular flexibility index (Phi) is 7.15. The third kappa shape index (κ3) is 4.23. The molecule has 3 N–H and O–H groups in total. The zero-order valence-electron chi connectivity index (χ0n) is 17.4. The number of hydrogen-bond acceptors (Lipinski definition) is 4. The number of likely N-dealkylation sites (tertiary alicyclic amines) is 1. The SMILES string of the molecule is Cc1ccccc1-n1nc(C(=O)N2CCCC(C(=O)NCCN)C2)c2c1CCC2.Cl. The van der Waals surface area contributed by atoms with Crippen LogP contribution in [0.1, 0.15) is 46.6 Å². The number of para-hydroxylation sites is 1. The van der Waals surface area contributed by atoms with Gasteiger partial charge in [0.25, 0.3) is 5.91 Å². The molecule has 30 heavy (non-hydrogen) atoms. The van der Waals surface area contributed by atoms with Crippen LogP contribution in [0.15, 0.2) is 24.3 Å². The van der Waals surface area contributed by atoms with E-state index in [9.17, 15) is 9.59 Å². The van der Waals surface area contributed by atoms with Gasteiger partial charge in [-0.2, -0.15) is 5.10 Å². The Labute approximate surface area is 183 Å². The van der Waals surface area contributed by atoms with E-state index in [0.29, 0.717) is 31.9 Å². The number of amides is 2. The van der Waals surface area contributed by atoms with E-state index in [0.717, 1.165) is 54.6 Å². The summed E-state index contributed by atoms with van der Waals surface area (Å²) >= 11 is 0. The maximum Gasteiger partial charge on any atom is 0.274 e. The highest BCUT2D eigenvalue weighted by Gasteiger charge is 2.33. The van der Waals surface area contributed by atoms with Gasteiger partial charge in [-0.3, -0.25) is 9.59 Å². The second kappa shape index (κ2) is 9.62. The largest absolute Gasteiger partial charge is 0.355 e. The lowest BCUT2D eigenvalue weighted by Gasteiger charge is -2.31. The van der Waals surface area contributed by atoms with Crippen molar-refractivity contribution < 1.29 is 9.59 Å². The van der Waals surface area contributed by atoms with Crippen molar-refractivity contribution in [1.82, 2.24) is 20.0 Å². The smallest absolute Gasteiger partial charge is 0.274 e. The van der Waals surface area contributed by atoms with Crippen LogP contribution < -0.4 is 11.1 Å². The molecule has 0 spiro atoms. The summed E-state index contributed by atoms with van der Waals surface area (Å²) in [5.41, 5.74) is 10.4. The Balaban J connectivity index is 0.00000256. The summed E-state index contributed by atoms with van der Waals surface area (Å²) in [5, 5.41) is 7.62. The van der Waals surface area contributed by atoms with E-state index in [2.05, 4.69) is 18.3 Å². The van der Waals surface area contributed by atoms with Gasteiger partial charge in [0.15, 0.2) is 5.69 Å². The fourth-order valence-corrected chi connectivity index (χ4v) is 4.47. The molecule has 2 heterocycles. The quantitative estimate of drug-likeness (QED) is 0.757. The van der Waals surface area contributed by atoms with Crippen LogP contribution in [0.25, 0.3) is 5.69 Å². The maximum absolute atomic E-state index is 13.4. The van der Waals surface area contributed by atoms with Crippen molar-refractivity contribution in [3.8, 4) is 5.69 Å². The zero-order chi connectivity index (χ0) is 20.4. The van der Waals surface area contributed by atoms with E-state index in [1.54, 1.807) is 4.90 Å². The molecule has 2 amide bonds. The number of carbonyl (C=O) groups excluding carboxylic acids is 2. The van der Waals surface area contributed by atoms with Crippen LogP contribution in [0.3, 0.4) is 0 Å². The first kappa shape index (κ1) is 22.3. The number of rotatable bonds is 5. The van der Waals surface area contributed by atoms with E-state index in [-0.39, 0.29) is 30.1 Å². The number of hydrogen-bond donors (Lipinski definition) is 2. The van der Waals surface area contributed by atoms with Crippen LogP contribution in [0, 0.1) is 12.8 Å². The fraction of sp³-hybridized carbons (Fsp3) is 0.500. The Morgan fingerprint density at radius 2 is 2.03 bits per heavy atom. The molecular weight excluding hydrogens is 402 g/mol. The van der Waals surface area contributed by atoms with Crippen molar-refractivity contribution in [2.75, 3.05) is 26.2 Å². The number of halogens is 1. The average molecular weight is 432 g/mol. The van der Waals surface area contributed by atoms with E-state index in [1.807, 2.05) is 22.9 Å². The van der Waals surface area contributed by atoms with Crippen LogP contribution in [-0.4, -0.2) is 52.7 Å². The molecule has 1 aliphatic heterocycles. The molecule has 2 aliphatic rings. The standard InChI is InChI=1S/C22H29N5O2.ClH/c1-15-6-2-3-9-18(15)27-19-10-4-8-17(19)20(25-27)22(29)26-13-5-7-16(14-26)21(28)24-12-11-23;/h2-3,6,9,16H,4-5,7-8,10-14,23H2,1H3,(H,24,28);1H. The summed E-state index contributed by atoms with van der Waals surface area (Å²) in [7, 11) is 0. The van der Waals surface area contributed by atoms with Gasteiger partial charge in [0.2, 0.25) is 5.91 Å². The molecule has 1 aliphatic carbocycles. The monoisotopic (exact) mass is 431 g/mol. The van der Waals surface area contributed by atoms with Gasteiger partial charge in [-0.25, -0.2) is 4.68 Å². The number of nitrogens with two attached hydrogens (primary N) is 1. The minimum atomic E-state index is -0.175. The van der Waals surface area contributed by atoms with E-state index < -0.39 is 0 Å². The van der Waals surface area contributed by atoms with Crippen LogP contribution >= 0.6 is 12.4 Å². The van der Waals surface area contributed by atoms with Crippen molar-refractivity contribution >= 4 is 24.2 Å². The highest BCUT2D eigenvalue weighted by Crippen LogP contribution is 2.30. The minimum absolute atomic E-state index is 0. The highest BCUT2D eigenvalue weighted by atomic mass is 35.5. The topological polar surface area (TPSA) is 93.2 Å². The number of aromatic nitrogens is 2. The van der Waals surface area contributed by atoms with Gasteiger partial charge >= 0.3 is 0 Å². The van der Waals surface area contributed by atoms with Crippen molar-refractivity contribution in [2.24, 2.45) is 11.7 Å². The number of benzene rings is 1. The summed E-state index contributed by atoms with van der Waals surface area (Å²) < 4.78 is 1.96. The first-order valence-corrected chi connectivity index (χ1v) is 10.5. The van der Waals surface area contributed by atoms with Crippen molar-refractivity contribution in [3.63, 3.8) is 0 Å². The molecule has 1 fully saturated rings. The van der Waals surface area contributed by atoms with E-state index in [4.69, 9.17) is 10.8 Å². The van der Waals surface area contributed by atoms with Crippen LogP contribution in [0.4, 0.5) is 0 Å². The van der Waals surface area contributed by atoms with Crippen molar-refractivity contribution in [1.29, 1.82) is 0 Å². The lowest BCUT2D eigenvalue weighted by Crippen LogP contribution is -2.46. The third-order valence-electron chi connectivity index (χ3n) is 6.00. The molecule has 4 rings (SSSR count). The van der Waals surface area contributed by atoms with Crippen LogP contribution in [0.2, 0.25) is 0 Å². The molecule has 1 saturated heterocycles. The molecule has 1 aromatic carbocycles. The summed E-state index contributed by atoms with van der Waals surface area (Å²) in [5.74, 6) is -0.235. The normalized spacial score (nSPS) is 17.9. The number of fused-ring (bicyclic) bond motifs is 1. The van der Waals surface area contributed by atoms with Gasteiger partial charge in [0, 0.05) is 37.4 Å². The van der Waals surface area contributed by atoms with Gasteiger partial charge in [-0.1, -0.05) is 18.2 Å². The van der Waals surface area contributed by atoms with Crippen LogP contribution in [0.5, 0.6) is 0 Å². The van der Waals surface area contributed by atoms with Gasteiger partial charge < -0.3 is 16.0 Å². The van der Waals surface area contributed by atoms with Gasteiger partial charge in [0.1, 0.15) is 0 Å². The van der Waals surface area contributed by atoms with Gasteiger partial charge in [-0.15, -0.1) is 12.4 Å². The number of piperidine rings is 1. The first-order chi connectivity index (χ1) is 14.1. The lowest BCUT2D eigenvalue weighted by molar-refractivity contribution is -0.126. The number of aryl methyl sites for hydroxylation is 1. The Morgan fingerprint density at radius 1 is 1.23 bits per heavy atom. The van der Waals surface area contributed by atoms with Gasteiger partial charge in [-0.05, 0) is 50.7 Å². The molecule has 0 bridgehead atoms. The number of nitrogens with zero attached hydrogens (tertiary/aromatic N) is 3. The molecule has 162 valence electrons. The molecule has 7 nitrogen and oxygen atoms in total. The number of nitrogens with one attached hydrogen (secondary N) is 1. The second-order valence-electron chi connectivity index (χ2n) is 8.00. The summed E-state index contributed by atoms with van der Waals surface area (Å²) in [4.78, 5) is 27.5. The first-order valence-electron chi connectivity index (χ1n) is 10.5. The predicted molar refractivity (Wildman–Crippen MR) is 118 cm³/mol. The van der Waals surface area contributed by atoms with Crippen molar-refractivity contribution in [3.05, 3.63) is 46.8 Å². The molecule has 8 heteroatoms. The molecule has 0 radical (unpaired) electrons. The fourth-order valence-electron chi connectivity index (χ4n) is 4.47. The molecule has 1 atom stereocenters. The predicted octanol–water partition coefficient (Wildman–Crippen LogP) is 2.02. The Hall–Kier alpha value is -2.38. The summed E-state index contributed by atoms with van der Waals surface area (Å²) in [6, 6.07) is 8.13. The Morgan fingerprint density at radius 3 is 2.80 bits per heavy atom. The number of carbonyl (C=O) groups is 2. The zero-order valence-corrected chi connectivity index (χ0v) is 18.2. The molecule has 1 aromatic heterocycles. The molecule has 2 aromatic rings. The summed E-state index contributed by atoms with van der Waals surface area (Å²) in [6.07, 6.45) is 4.50. The molecular formula is C22H30ClN5O2. The lowest BCUT2D eigenvalue weighted by atomic mass is 9.96. The van der Waals surface area contributed by atoms with Crippen LogP contribution in [-0.2, 0) is 17.6 Å². The third-order valence-corrected chi connectivity index (χ3v) is 6.00. The molecule has 0 saturated carbocycles. The minimum Gasteiger partial charge on any atom is -0.355 e. The highest BCUT2D eigenvalue weighted by molar-refractivity contribution is 5.95. The summed E-state index contributed by atoms with van der Waals surface area (Å²) in [6.45, 7) is 4.07. The Bertz CT molecular complexity index is 926. The van der Waals surface area contributed by atoms with Crippen molar-refractivity contribution in [2.45, 2.75) is 39.0 Å². The second-order valence-corrected chi connectivity index (χ2v) is 8.00. The van der Waals surface area contributed by atoms with E-state index >= 15 is 0 Å². The molecule has 1 unspecified atom stereocenters. The maximum atomic E-state index is 13.4. The van der Waals surface area contributed by atoms with E-state index in [1.165, 1.54) is 0 Å². The average Bonchev–Trinajstić information content (AvgIpc) is 3.35.